The number of allylic oxidation sites excluding steroid dienone is 4. The lowest BCUT2D eigenvalue weighted by atomic mass is 9.99. The van der Waals surface area contributed by atoms with Crippen LogP contribution in [0.25, 0.3) is 0 Å². The van der Waals surface area contributed by atoms with E-state index in [9.17, 15) is 0 Å². The lowest BCUT2D eigenvalue weighted by molar-refractivity contribution is 0.221. The van der Waals surface area contributed by atoms with Crippen LogP contribution in [0.3, 0.4) is 0 Å². The highest BCUT2D eigenvalue weighted by Gasteiger charge is 2.14. The van der Waals surface area contributed by atoms with Gasteiger partial charge in [0.2, 0.25) is 0 Å². The number of hydrogen-bond acceptors (Lipinski definition) is 4. The van der Waals surface area contributed by atoms with Gasteiger partial charge in [-0.3, -0.25) is 0 Å². The Kier molecular flexibility index (Phi) is 48.6. The molecule has 0 spiro atoms. The van der Waals surface area contributed by atoms with E-state index in [2.05, 4.69) is 90.6 Å². The van der Waals surface area contributed by atoms with Gasteiger partial charge in [0.25, 0.3) is 0 Å². The highest BCUT2D eigenvalue weighted by molar-refractivity contribution is 8.76. The van der Waals surface area contributed by atoms with E-state index in [4.69, 9.17) is 0 Å². The molecule has 0 aliphatic heterocycles. The molecule has 0 aromatic carbocycles. The molecule has 0 saturated heterocycles. The highest BCUT2D eigenvalue weighted by atomic mass is 33.1. The Morgan fingerprint density at radius 3 is 1.04 bits per heavy atom. The monoisotopic (exact) mass is 807 g/mol. The average Bonchev–Trinajstić information content (AvgIpc) is 3.19. The summed E-state index contributed by atoms with van der Waals surface area (Å²) in [5, 5.41) is 0. The van der Waals surface area contributed by atoms with Crippen LogP contribution in [0.4, 0.5) is 0 Å². The quantitative estimate of drug-likeness (QED) is 0.0343. The Morgan fingerprint density at radius 2 is 0.655 bits per heavy atom. The summed E-state index contributed by atoms with van der Waals surface area (Å²) in [6.45, 7) is 10.7. The Morgan fingerprint density at radius 1 is 0.345 bits per heavy atom. The van der Waals surface area contributed by atoms with Gasteiger partial charge < -0.3 is 9.80 Å². The SMILES string of the molecule is CCCCCCCCC=CCCCCCCCC(CCCCCCCCC)N(C)CCSSCCN(C)CCCCCCCC/C=C\CCCCCCCC. The molecule has 0 N–H and O–H groups in total. The lowest BCUT2D eigenvalue weighted by Crippen LogP contribution is -2.33. The zero-order valence-electron chi connectivity index (χ0n) is 38.6. The van der Waals surface area contributed by atoms with Crippen molar-refractivity contribution in [3.63, 3.8) is 0 Å². The van der Waals surface area contributed by atoms with Crippen LogP contribution in [-0.4, -0.2) is 61.1 Å². The van der Waals surface area contributed by atoms with Gasteiger partial charge in [0, 0.05) is 30.6 Å². The van der Waals surface area contributed by atoms with Crippen molar-refractivity contribution in [2.24, 2.45) is 0 Å². The van der Waals surface area contributed by atoms with Gasteiger partial charge in [-0.05, 0) is 91.3 Å². The zero-order chi connectivity index (χ0) is 40.0. The minimum atomic E-state index is 0.786. The predicted molar refractivity (Wildman–Crippen MR) is 260 cm³/mol. The van der Waals surface area contributed by atoms with Crippen molar-refractivity contribution < 1.29 is 0 Å². The molecule has 0 heterocycles. The van der Waals surface area contributed by atoms with Gasteiger partial charge >= 0.3 is 0 Å². The molecule has 0 radical (unpaired) electrons. The van der Waals surface area contributed by atoms with Crippen molar-refractivity contribution in [1.29, 1.82) is 0 Å². The number of rotatable bonds is 47. The molecule has 0 aliphatic carbocycles. The minimum Gasteiger partial charge on any atom is -0.306 e. The maximum atomic E-state index is 2.74. The van der Waals surface area contributed by atoms with Crippen LogP contribution < -0.4 is 0 Å². The summed E-state index contributed by atoms with van der Waals surface area (Å²) in [6.07, 6.45) is 60.2. The Hall–Kier alpha value is 0.100. The Labute approximate surface area is 357 Å². The first-order valence-corrected chi connectivity index (χ1v) is 27.6. The summed E-state index contributed by atoms with van der Waals surface area (Å²) < 4.78 is 0. The van der Waals surface area contributed by atoms with E-state index >= 15 is 0 Å². The van der Waals surface area contributed by atoms with Gasteiger partial charge in [0.15, 0.2) is 0 Å². The van der Waals surface area contributed by atoms with E-state index in [0.717, 1.165) is 6.04 Å². The summed E-state index contributed by atoms with van der Waals surface area (Å²) >= 11 is 0. The molecule has 55 heavy (non-hydrogen) atoms. The van der Waals surface area contributed by atoms with Crippen LogP contribution in [0, 0.1) is 0 Å². The van der Waals surface area contributed by atoms with Crippen LogP contribution >= 0.6 is 21.6 Å². The molecule has 0 bridgehead atoms. The summed E-state index contributed by atoms with van der Waals surface area (Å²) in [6, 6.07) is 0.786. The number of hydrogen-bond donors (Lipinski definition) is 0. The molecular formula is C51H102N2S2. The van der Waals surface area contributed by atoms with Gasteiger partial charge in [-0.1, -0.05) is 227 Å². The summed E-state index contributed by atoms with van der Waals surface area (Å²) in [5.41, 5.74) is 0. The van der Waals surface area contributed by atoms with Gasteiger partial charge in [-0.15, -0.1) is 0 Å². The molecule has 0 aromatic rings. The van der Waals surface area contributed by atoms with Gasteiger partial charge in [0.05, 0.1) is 0 Å². The maximum Gasteiger partial charge on any atom is 0.0165 e. The van der Waals surface area contributed by atoms with Crippen molar-refractivity contribution in [3.8, 4) is 0 Å². The first-order chi connectivity index (χ1) is 27.2. The van der Waals surface area contributed by atoms with Gasteiger partial charge in [-0.2, -0.15) is 0 Å². The van der Waals surface area contributed by atoms with Crippen molar-refractivity contribution in [3.05, 3.63) is 24.3 Å². The van der Waals surface area contributed by atoms with Crippen molar-refractivity contribution >= 4 is 21.6 Å². The predicted octanol–water partition coefficient (Wildman–Crippen LogP) is 17.8. The van der Waals surface area contributed by atoms with Crippen LogP contribution in [0.5, 0.6) is 0 Å². The topological polar surface area (TPSA) is 6.48 Å². The van der Waals surface area contributed by atoms with Crippen LogP contribution in [0.2, 0.25) is 0 Å². The lowest BCUT2D eigenvalue weighted by Gasteiger charge is -2.28. The molecule has 0 aromatic heterocycles. The van der Waals surface area contributed by atoms with E-state index in [1.807, 2.05) is 0 Å². The first kappa shape index (κ1) is 55.1. The molecule has 4 heteroatoms. The van der Waals surface area contributed by atoms with Gasteiger partial charge in [-0.25, -0.2) is 0 Å². The molecule has 0 saturated carbocycles. The average molecular weight is 808 g/mol. The molecular weight excluding hydrogens is 705 g/mol. The maximum absolute atomic E-state index is 2.74. The van der Waals surface area contributed by atoms with E-state index < -0.39 is 0 Å². The molecule has 1 atom stereocenters. The normalized spacial score (nSPS) is 12.8. The molecule has 1 unspecified atom stereocenters. The van der Waals surface area contributed by atoms with Crippen molar-refractivity contribution in [1.82, 2.24) is 9.80 Å². The van der Waals surface area contributed by atoms with E-state index in [-0.39, 0.29) is 0 Å². The molecule has 0 aliphatic rings. The summed E-state index contributed by atoms with van der Waals surface area (Å²) in [7, 11) is 8.99. The van der Waals surface area contributed by atoms with E-state index in [1.165, 1.54) is 262 Å². The third kappa shape index (κ3) is 45.0. The van der Waals surface area contributed by atoms with Gasteiger partial charge in [0.1, 0.15) is 0 Å². The molecule has 0 amide bonds. The second-order valence-electron chi connectivity index (χ2n) is 17.3. The largest absolute Gasteiger partial charge is 0.306 e. The van der Waals surface area contributed by atoms with Crippen LogP contribution in [-0.2, 0) is 0 Å². The fourth-order valence-electron chi connectivity index (χ4n) is 7.79. The first-order valence-electron chi connectivity index (χ1n) is 25.1. The number of unbranched alkanes of at least 4 members (excludes halogenated alkanes) is 29. The van der Waals surface area contributed by atoms with Crippen LogP contribution in [0.1, 0.15) is 252 Å². The van der Waals surface area contributed by atoms with Crippen molar-refractivity contribution in [2.75, 3.05) is 45.2 Å². The molecule has 328 valence electrons. The van der Waals surface area contributed by atoms with Crippen LogP contribution in [0.15, 0.2) is 24.3 Å². The zero-order valence-corrected chi connectivity index (χ0v) is 40.2. The summed E-state index contributed by atoms with van der Waals surface area (Å²) in [5.74, 6) is 2.52. The number of nitrogens with zero attached hydrogens (tertiary/aromatic N) is 2. The fraction of sp³-hybridized carbons (Fsp3) is 0.922. The van der Waals surface area contributed by atoms with Crippen molar-refractivity contribution in [2.45, 2.75) is 258 Å². The highest BCUT2D eigenvalue weighted by Crippen LogP contribution is 2.23. The molecule has 0 fully saturated rings. The standard InChI is InChI=1S/C51H102N2S2/c1-6-9-12-15-18-20-22-24-26-28-30-32-34-37-40-43-46-52(4)47-49-54-55-50-48-53(5)51(44-41-38-35-17-14-11-8-3)45-42-39-36-33-31-29-27-25-23-21-19-16-13-10-7-2/h24-27,51H,6-23,28-50H2,1-5H3/b26-24-,27-25?. The second-order valence-corrected chi connectivity index (χ2v) is 20.0. The third-order valence-electron chi connectivity index (χ3n) is 11.8. The Bertz CT molecular complexity index is 755. The van der Waals surface area contributed by atoms with E-state index in [1.54, 1.807) is 0 Å². The summed E-state index contributed by atoms with van der Waals surface area (Å²) in [4.78, 5) is 5.31. The third-order valence-corrected chi connectivity index (χ3v) is 14.1. The molecule has 0 rings (SSSR count). The molecule has 2 nitrogen and oxygen atoms in total. The smallest absolute Gasteiger partial charge is 0.0165 e. The Balaban J connectivity index is 3.96. The van der Waals surface area contributed by atoms with E-state index in [0.29, 0.717) is 0 Å². The minimum absolute atomic E-state index is 0.786. The fourth-order valence-corrected chi connectivity index (χ4v) is 9.93. The second kappa shape index (κ2) is 48.5.